The molecule has 1 atom stereocenters. The molecule has 1 fully saturated rings. The molecule has 0 spiro atoms. The SMILES string of the molecule is C=Cc1c(OC2CCCCO2)cc(F)c(F)c1F. The van der Waals surface area contributed by atoms with Crippen LogP contribution in [0.3, 0.4) is 0 Å². The molecule has 1 aliphatic rings. The first-order valence-electron chi connectivity index (χ1n) is 5.71. The van der Waals surface area contributed by atoms with Crippen molar-refractivity contribution in [2.75, 3.05) is 6.61 Å². The van der Waals surface area contributed by atoms with Crippen LogP contribution in [-0.2, 0) is 4.74 Å². The van der Waals surface area contributed by atoms with Gasteiger partial charge in [-0.3, -0.25) is 0 Å². The summed E-state index contributed by atoms with van der Waals surface area (Å²) in [7, 11) is 0. The highest BCUT2D eigenvalue weighted by atomic mass is 19.2. The van der Waals surface area contributed by atoms with Gasteiger partial charge in [0.15, 0.2) is 23.7 Å². The average Bonchev–Trinajstić information content (AvgIpc) is 2.38. The van der Waals surface area contributed by atoms with E-state index >= 15 is 0 Å². The Kier molecular flexibility index (Phi) is 3.91. The normalized spacial score (nSPS) is 19.6. The van der Waals surface area contributed by atoms with Crippen LogP contribution in [0.4, 0.5) is 13.2 Å². The van der Waals surface area contributed by atoms with Crippen LogP contribution in [0.15, 0.2) is 12.6 Å². The maximum absolute atomic E-state index is 13.5. The Hall–Kier alpha value is -1.49. The highest BCUT2D eigenvalue weighted by Gasteiger charge is 2.21. The van der Waals surface area contributed by atoms with Gasteiger partial charge in [0.05, 0.1) is 12.2 Å². The van der Waals surface area contributed by atoms with E-state index in [4.69, 9.17) is 9.47 Å². The number of rotatable bonds is 3. The van der Waals surface area contributed by atoms with E-state index in [9.17, 15) is 13.2 Å². The predicted molar refractivity (Wildman–Crippen MR) is 60.6 cm³/mol. The molecule has 0 aromatic heterocycles. The Balaban J connectivity index is 2.28. The van der Waals surface area contributed by atoms with Gasteiger partial charge in [0.2, 0.25) is 0 Å². The van der Waals surface area contributed by atoms with Crippen molar-refractivity contribution < 1.29 is 22.6 Å². The van der Waals surface area contributed by atoms with Crippen LogP contribution in [0.1, 0.15) is 24.8 Å². The van der Waals surface area contributed by atoms with Crippen LogP contribution >= 0.6 is 0 Å². The molecule has 2 rings (SSSR count). The van der Waals surface area contributed by atoms with Crippen LogP contribution in [0.2, 0.25) is 0 Å². The number of benzene rings is 1. The third-order valence-corrected chi connectivity index (χ3v) is 2.76. The van der Waals surface area contributed by atoms with Crippen molar-refractivity contribution >= 4 is 6.08 Å². The van der Waals surface area contributed by atoms with Crippen LogP contribution in [0.25, 0.3) is 6.08 Å². The van der Waals surface area contributed by atoms with Crippen molar-refractivity contribution in [3.8, 4) is 5.75 Å². The van der Waals surface area contributed by atoms with Gasteiger partial charge in [-0.2, -0.15) is 0 Å². The molecule has 0 N–H and O–H groups in total. The lowest BCUT2D eigenvalue weighted by atomic mass is 10.1. The second kappa shape index (κ2) is 5.44. The zero-order valence-electron chi connectivity index (χ0n) is 9.72. The van der Waals surface area contributed by atoms with E-state index in [-0.39, 0.29) is 11.3 Å². The molecule has 0 radical (unpaired) electrons. The Morgan fingerprint density at radius 1 is 1.28 bits per heavy atom. The van der Waals surface area contributed by atoms with Crippen molar-refractivity contribution in [1.82, 2.24) is 0 Å². The fourth-order valence-electron chi connectivity index (χ4n) is 1.82. The van der Waals surface area contributed by atoms with Gasteiger partial charge in [-0.15, -0.1) is 0 Å². The Morgan fingerprint density at radius 2 is 2.06 bits per heavy atom. The number of hydrogen-bond acceptors (Lipinski definition) is 2. The number of hydrogen-bond donors (Lipinski definition) is 0. The molecule has 18 heavy (non-hydrogen) atoms. The Morgan fingerprint density at radius 3 is 2.67 bits per heavy atom. The summed E-state index contributed by atoms with van der Waals surface area (Å²) in [5.41, 5.74) is -0.192. The number of halogens is 3. The summed E-state index contributed by atoms with van der Waals surface area (Å²) >= 11 is 0. The van der Waals surface area contributed by atoms with E-state index in [1.807, 2.05) is 0 Å². The molecule has 2 nitrogen and oxygen atoms in total. The topological polar surface area (TPSA) is 18.5 Å². The molecule has 1 heterocycles. The van der Waals surface area contributed by atoms with Gasteiger partial charge in [0.1, 0.15) is 5.75 Å². The van der Waals surface area contributed by atoms with E-state index < -0.39 is 23.7 Å². The zero-order valence-corrected chi connectivity index (χ0v) is 9.72. The first-order chi connectivity index (χ1) is 8.63. The summed E-state index contributed by atoms with van der Waals surface area (Å²) in [6, 6.07) is 0.813. The van der Waals surface area contributed by atoms with Crippen molar-refractivity contribution in [1.29, 1.82) is 0 Å². The van der Waals surface area contributed by atoms with Crippen LogP contribution < -0.4 is 4.74 Å². The van der Waals surface area contributed by atoms with E-state index in [0.717, 1.165) is 25.0 Å². The summed E-state index contributed by atoms with van der Waals surface area (Å²) < 4.78 is 50.3. The maximum Gasteiger partial charge on any atom is 0.199 e. The molecule has 1 aromatic carbocycles. The molecule has 0 bridgehead atoms. The zero-order chi connectivity index (χ0) is 13.1. The minimum atomic E-state index is -1.53. The third kappa shape index (κ3) is 2.51. The Bertz CT molecular complexity index is 454. The van der Waals surface area contributed by atoms with Crippen molar-refractivity contribution in [2.45, 2.75) is 25.6 Å². The highest BCUT2D eigenvalue weighted by Crippen LogP contribution is 2.29. The molecule has 0 aliphatic carbocycles. The minimum Gasteiger partial charge on any atom is -0.464 e. The quantitative estimate of drug-likeness (QED) is 0.770. The summed E-state index contributed by atoms with van der Waals surface area (Å²) in [5.74, 6) is -4.20. The van der Waals surface area contributed by atoms with Gasteiger partial charge >= 0.3 is 0 Å². The molecule has 98 valence electrons. The second-order valence-corrected chi connectivity index (χ2v) is 4.02. The van der Waals surface area contributed by atoms with Gasteiger partial charge < -0.3 is 9.47 Å². The highest BCUT2D eigenvalue weighted by molar-refractivity contribution is 5.56. The van der Waals surface area contributed by atoms with Gasteiger partial charge in [-0.25, -0.2) is 13.2 Å². The fraction of sp³-hybridized carbons (Fsp3) is 0.385. The smallest absolute Gasteiger partial charge is 0.199 e. The minimum absolute atomic E-state index is 0.0895. The van der Waals surface area contributed by atoms with Gasteiger partial charge in [0, 0.05) is 12.5 Å². The first kappa shape index (κ1) is 13.0. The second-order valence-electron chi connectivity index (χ2n) is 4.02. The number of ether oxygens (including phenoxy) is 2. The van der Waals surface area contributed by atoms with E-state index in [0.29, 0.717) is 13.0 Å². The summed E-state index contributed by atoms with van der Waals surface area (Å²) in [6.07, 6.45) is 3.02. The fourth-order valence-corrected chi connectivity index (χ4v) is 1.82. The summed E-state index contributed by atoms with van der Waals surface area (Å²) in [4.78, 5) is 0. The molecular formula is C13H13F3O2. The van der Waals surface area contributed by atoms with Crippen LogP contribution in [0, 0.1) is 17.5 Å². The Labute approximate surface area is 103 Å². The molecule has 0 amide bonds. The van der Waals surface area contributed by atoms with Gasteiger partial charge in [-0.1, -0.05) is 12.7 Å². The molecular weight excluding hydrogens is 245 g/mol. The molecule has 1 saturated heterocycles. The maximum atomic E-state index is 13.5. The van der Waals surface area contributed by atoms with E-state index in [2.05, 4.69) is 6.58 Å². The van der Waals surface area contributed by atoms with Crippen molar-refractivity contribution in [3.63, 3.8) is 0 Å². The molecule has 5 heteroatoms. The largest absolute Gasteiger partial charge is 0.464 e. The molecule has 1 unspecified atom stereocenters. The van der Waals surface area contributed by atoms with Gasteiger partial charge in [-0.05, 0) is 12.8 Å². The summed E-state index contributed by atoms with van der Waals surface area (Å²) in [6.45, 7) is 3.91. The molecule has 0 saturated carbocycles. The standard InChI is InChI=1S/C13H13F3O2/c1-2-8-10(7-9(14)13(16)12(8)15)18-11-5-3-4-6-17-11/h2,7,11H,1,3-6H2. The van der Waals surface area contributed by atoms with Crippen molar-refractivity contribution in [3.05, 3.63) is 35.7 Å². The van der Waals surface area contributed by atoms with Gasteiger partial charge in [0.25, 0.3) is 0 Å². The first-order valence-corrected chi connectivity index (χ1v) is 5.71. The summed E-state index contributed by atoms with van der Waals surface area (Å²) in [5, 5.41) is 0. The van der Waals surface area contributed by atoms with E-state index in [1.54, 1.807) is 0 Å². The third-order valence-electron chi connectivity index (χ3n) is 2.76. The lowest BCUT2D eigenvalue weighted by molar-refractivity contribution is -0.106. The molecule has 1 aromatic rings. The average molecular weight is 258 g/mol. The van der Waals surface area contributed by atoms with Crippen LogP contribution in [0.5, 0.6) is 5.75 Å². The monoisotopic (exact) mass is 258 g/mol. The van der Waals surface area contributed by atoms with E-state index in [1.165, 1.54) is 0 Å². The molecule has 1 aliphatic heterocycles. The van der Waals surface area contributed by atoms with Crippen LogP contribution in [-0.4, -0.2) is 12.9 Å². The lowest BCUT2D eigenvalue weighted by Crippen LogP contribution is -2.25. The predicted octanol–water partition coefficient (Wildman–Crippen LogP) is 3.65. The van der Waals surface area contributed by atoms with Crippen molar-refractivity contribution in [2.24, 2.45) is 0 Å². The lowest BCUT2D eigenvalue weighted by Gasteiger charge is -2.24.